The van der Waals surface area contributed by atoms with Crippen molar-refractivity contribution in [3.63, 3.8) is 0 Å². The number of hydrogen-bond acceptors (Lipinski definition) is 3. The summed E-state index contributed by atoms with van der Waals surface area (Å²) in [6.07, 6.45) is 2.73. The second-order valence-electron chi connectivity index (χ2n) is 3.41. The molecule has 0 spiro atoms. The van der Waals surface area contributed by atoms with Crippen LogP contribution in [0.15, 0.2) is 47.1 Å². The second-order valence-corrected chi connectivity index (χ2v) is 3.74. The molecule has 0 unspecified atom stereocenters. The van der Waals surface area contributed by atoms with E-state index in [1.165, 1.54) is 24.5 Å². The monoisotopic (exact) mass is 262 g/mol. The standard InChI is InChI=1S/C12H7FN2O2S/c13-11-4-2-1-3-10(11)8-5-9(7-14-6-8)12(16)15-18-17/h1-7H. The molecule has 2 rings (SSSR count). The molecule has 0 fully saturated rings. The Labute approximate surface area is 106 Å². The zero-order valence-electron chi connectivity index (χ0n) is 9.04. The van der Waals surface area contributed by atoms with E-state index in [4.69, 9.17) is 0 Å². The molecule has 1 aromatic heterocycles. The third-order valence-corrected chi connectivity index (χ3v) is 2.53. The molecule has 6 heteroatoms. The molecule has 0 bridgehead atoms. The summed E-state index contributed by atoms with van der Waals surface area (Å²) in [5.41, 5.74) is 0.957. The third kappa shape index (κ3) is 2.54. The molecule has 18 heavy (non-hydrogen) atoms. The van der Waals surface area contributed by atoms with E-state index in [2.05, 4.69) is 9.35 Å². The molecular weight excluding hydrogens is 255 g/mol. The topological polar surface area (TPSA) is 59.4 Å². The Morgan fingerprint density at radius 2 is 2.06 bits per heavy atom. The van der Waals surface area contributed by atoms with Crippen molar-refractivity contribution in [1.29, 1.82) is 0 Å². The summed E-state index contributed by atoms with van der Waals surface area (Å²) in [6, 6.07) is 7.62. The van der Waals surface area contributed by atoms with E-state index in [1.807, 2.05) is 0 Å². The zero-order chi connectivity index (χ0) is 13.0. The number of pyridine rings is 1. The molecule has 0 aliphatic carbocycles. The molecule has 0 N–H and O–H groups in total. The van der Waals surface area contributed by atoms with Gasteiger partial charge in [0.2, 0.25) is 11.5 Å². The first-order valence-electron chi connectivity index (χ1n) is 4.96. The lowest BCUT2D eigenvalue weighted by atomic mass is 10.1. The molecule has 1 aromatic carbocycles. The summed E-state index contributed by atoms with van der Waals surface area (Å²) in [5, 5.41) is 0. The van der Waals surface area contributed by atoms with E-state index in [9.17, 15) is 13.4 Å². The van der Waals surface area contributed by atoms with Crippen molar-refractivity contribution in [2.75, 3.05) is 0 Å². The van der Waals surface area contributed by atoms with Gasteiger partial charge in [0.25, 0.3) is 5.91 Å². The number of rotatable bonds is 2. The Balaban J connectivity index is 2.48. The maximum absolute atomic E-state index is 13.6. The molecule has 0 radical (unpaired) electrons. The molecule has 2 aromatic rings. The summed E-state index contributed by atoms with van der Waals surface area (Å²) < 4.78 is 26.9. The van der Waals surface area contributed by atoms with E-state index in [-0.39, 0.29) is 17.0 Å². The number of aromatic nitrogens is 1. The van der Waals surface area contributed by atoms with E-state index in [1.54, 1.807) is 18.2 Å². The first-order valence-corrected chi connectivity index (χ1v) is 5.66. The first-order chi connectivity index (χ1) is 8.72. The van der Waals surface area contributed by atoms with Gasteiger partial charge >= 0.3 is 0 Å². The highest BCUT2D eigenvalue weighted by molar-refractivity contribution is 7.55. The minimum absolute atomic E-state index is 0.152. The predicted octanol–water partition coefficient (Wildman–Crippen LogP) is 2.42. The lowest BCUT2D eigenvalue weighted by Crippen LogP contribution is -1.96. The fourth-order valence-corrected chi connectivity index (χ4v) is 1.66. The van der Waals surface area contributed by atoms with Crippen LogP contribution in [-0.2, 0) is 11.5 Å². The molecule has 90 valence electrons. The minimum Gasteiger partial charge on any atom is -0.266 e. The number of benzene rings is 1. The molecule has 0 aliphatic rings. The van der Waals surface area contributed by atoms with Gasteiger partial charge in [0.05, 0.1) is 5.56 Å². The van der Waals surface area contributed by atoms with E-state index in [0.29, 0.717) is 11.1 Å². The SMILES string of the molecule is O=S=NC(=O)c1cncc(-c2ccccc2F)c1. The molecule has 1 heterocycles. The van der Waals surface area contributed by atoms with Gasteiger partial charge in [-0.3, -0.25) is 9.78 Å². The zero-order valence-corrected chi connectivity index (χ0v) is 9.86. The molecule has 0 atom stereocenters. The maximum atomic E-state index is 13.6. The average molecular weight is 262 g/mol. The molecule has 0 saturated heterocycles. The van der Waals surface area contributed by atoms with E-state index >= 15 is 0 Å². The van der Waals surface area contributed by atoms with Crippen LogP contribution in [0.2, 0.25) is 0 Å². The van der Waals surface area contributed by atoms with Crippen LogP contribution in [-0.4, -0.2) is 15.1 Å². The van der Waals surface area contributed by atoms with E-state index in [0.717, 1.165) is 0 Å². The Morgan fingerprint density at radius 1 is 1.28 bits per heavy atom. The highest BCUT2D eigenvalue weighted by Crippen LogP contribution is 2.22. The van der Waals surface area contributed by atoms with Crippen molar-refractivity contribution in [3.05, 3.63) is 54.1 Å². The molecule has 0 saturated carbocycles. The largest absolute Gasteiger partial charge is 0.291 e. The lowest BCUT2D eigenvalue weighted by molar-refractivity contribution is 0.100. The average Bonchev–Trinajstić information content (AvgIpc) is 2.40. The number of carbonyl (C=O) groups is 1. The van der Waals surface area contributed by atoms with Crippen molar-refractivity contribution in [2.24, 2.45) is 4.36 Å². The quantitative estimate of drug-likeness (QED) is 0.835. The number of nitrogens with zero attached hydrogens (tertiary/aromatic N) is 2. The summed E-state index contributed by atoms with van der Waals surface area (Å²) in [7, 11) is 0. The highest BCUT2D eigenvalue weighted by atomic mass is 32.1. The van der Waals surface area contributed by atoms with Crippen LogP contribution >= 0.6 is 0 Å². The van der Waals surface area contributed by atoms with Crippen LogP contribution in [0, 0.1) is 5.82 Å². The van der Waals surface area contributed by atoms with Gasteiger partial charge in [-0.1, -0.05) is 18.2 Å². The number of halogens is 1. The van der Waals surface area contributed by atoms with Crippen LogP contribution in [0.25, 0.3) is 11.1 Å². The van der Waals surface area contributed by atoms with Gasteiger partial charge in [-0.15, -0.1) is 4.36 Å². The Hall–Kier alpha value is -2.21. The summed E-state index contributed by atoms with van der Waals surface area (Å²) in [4.78, 5) is 15.2. The van der Waals surface area contributed by atoms with Gasteiger partial charge in [-0.25, -0.2) is 4.39 Å². The molecule has 4 nitrogen and oxygen atoms in total. The minimum atomic E-state index is -0.680. The van der Waals surface area contributed by atoms with Crippen LogP contribution in [0.3, 0.4) is 0 Å². The molecule has 1 amide bonds. The summed E-state index contributed by atoms with van der Waals surface area (Å²) in [6.45, 7) is 0. The van der Waals surface area contributed by atoms with Crippen LogP contribution in [0.4, 0.5) is 4.39 Å². The molecule has 0 aliphatic heterocycles. The Morgan fingerprint density at radius 3 is 2.78 bits per heavy atom. The van der Waals surface area contributed by atoms with Gasteiger partial charge in [0, 0.05) is 23.5 Å². The number of carbonyl (C=O) groups excluding carboxylic acids is 1. The van der Waals surface area contributed by atoms with Gasteiger partial charge in [-0.2, -0.15) is 4.21 Å². The fraction of sp³-hybridized carbons (Fsp3) is 0. The van der Waals surface area contributed by atoms with Crippen molar-refractivity contribution in [3.8, 4) is 11.1 Å². The first kappa shape index (κ1) is 12.3. The van der Waals surface area contributed by atoms with Crippen LogP contribution < -0.4 is 0 Å². The van der Waals surface area contributed by atoms with Crippen LogP contribution in [0.1, 0.15) is 10.4 Å². The van der Waals surface area contributed by atoms with E-state index < -0.39 is 11.7 Å². The van der Waals surface area contributed by atoms with Crippen molar-refractivity contribution in [2.45, 2.75) is 0 Å². The van der Waals surface area contributed by atoms with Crippen LogP contribution in [0.5, 0.6) is 0 Å². The molecular formula is C12H7FN2O2S. The second kappa shape index (κ2) is 5.42. The van der Waals surface area contributed by atoms with Crippen molar-refractivity contribution in [1.82, 2.24) is 4.98 Å². The Bertz CT molecular complexity index is 654. The smallest absolute Gasteiger partial charge is 0.266 e. The van der Waals surface area contributed by atoms with Gasteiger partial charge in [0.15, 0.2) is 0 Å². The maximum Gasteiger partial charge on any atom is 0.291 e. The van der Waals surface area contributed by atoms with Gasteiger partial charge in [0.1, 0.15) is 5.82 Å². The summed E-state index contributed by atoms with van der Waals surface area (Å²) in [5.74, 6) is -1.08. The van der Waals surface area contributed by atoms with Crippen molar-refractivity contribution >= 4 is 17.4 Å². The Kier molecular flexibility index (Phi) is 3.69. The summed E-state index contributed by atoms with van der Waals surface area (Å²) >= 11 is -0.167. The fourth-order valence-electron chi connectivity index (χ4n) is 1.49. The third-order valence-electron chi connectivity index (χ3n) is 2.29. The van der Waals surface area contributed by atoms with Gasteiger partial charge < -0.3 is 0 Å². The lowest BCUT2D eigenvalue weighted by Gasteiger charge is -2.03. The normalized spacial score (nSPS) is 9.83. The number of hydrogen-bond donors (Lipinski definition) is 0. The van der Waals surface area contributed by atoms with Crippen molar-refractivity contribution < 1.29 is 13.4 Å². The predicted molar refractivity (Wildman–Crippen MR) is 64.5 cm³/mol. The highest BCUT2D eigenvalue weighted by Gasteiger charge is 2.09. The van der Waals surface area contributed by atoms with Gasteiger partial charge in [-0.05, 0) is 12.1 Å². The number of amides is 1.